The van der Waals surface area contributed by atoms with Crippen LogP contribution in [0.2, 0.25) is 0 Å². The zero-order chi connectivity index (χ0) is 15.6. The van der Waals surface area contributed by atoms with E-state index in [0.29, 0.717) is 5.69 Å². The van der Waals surface area contributed by atoms with Gasteiger partial charge in [-0.1, -0.05) is 12.1 Å². The molecule has 0 amide bonds. The molecule has 5 nitrogen and oxygen atoms in total. The Morgan fingerprint density at radius 1 is 1.19 bits per heavy atom. The molecular formula is C16H18N2O3. The predicted octanol–water partition coefficient (Wildman–Crippen LogP) is 2.26. The van der Waals surface area contributed by atoms with Gasteiger partial charge in [-0.25, -0.2) is 9.48 Å². The molecule has 0 aliphatic carbocycles. The van der Waals surface area contributed by atoms with Crippen molar-refractivity contribution in [3.05, 3.63) is 51.8 Å². The largest absolute Gasteiger partial charge is 0.467 e. The van der Waals surface area contributed by atoms with E-state index in [4.69, 9.17) is 0 Å². The van der Waals surface area contributed by atoms with Crippen molar-refractivity contribution in [2.24, 2.45) is 0 Å². The van der Waals surface area contributed by atoms with Crippen molar-refractivity contribution in [3.63, 3.8) is 0 Å². The average molecular weight is 286 g/mol. The number of ether oxygens (including phenoxy) is 1. The zero-order valence-electron chi connectivity index (χ0n) is 12.6. The second-order valence-corrected chi connectivity index (χ2v) is 5.00. The minimum Gasteiger partial charge on any atom is -0.467 e. The smallest absolute Gasteiger partial charge is 0.330 e. The molecular weight excluding hydrogens is 268 g/mol. The van der Waals surface area contributed by atoms with Crippen molar-refractivity contribution < 1.29 is 9.53 Å². The van der Waals surface area contributed by atoms with Crippen molar-refractivity contribution >= 4 is 5.97 Å². The number of carbonyl (C=O) groups is 1. The molecule has 0 aliphatic heterocycles. The van der Waals surface area contributed by atoms with Crippen LogP contribution in [0.25, 0.3) is 11.3 Å². The maximum atomic E-state index is 11.9. The van der Waals surface area contributed by atoms with Gasteiger partial charge in [0.05, 0.1) is 12.8 Å². The van der Waals surface area contributed by atoms with Crippen LogP contribution in [0.4, 0.5) is 0 Å². The number of hydrogen-bond acceptors (Lipinski definition) is 4. The van der Waals surface area contributed by atoms with Crippen LogP contribution in [-0.2, 0) is 9.53 Å². The van der Waals surface area contributed by atoms with Gasteiger partial charge in [-0.15, -0.1) is 0 Å². The fourth-order valence-corrected chi connectivity index (χ4v) is 2.03. The Morgan fingerprint density at radius 3 is 2.52 bits per heavy atom. The summed E-state index contributed by atoms with van der Waals surface area (Å²) < 4.78 is 5.81. The Bertz CT molecular complexity index is 735. The van der Waals surface area contributed by atoms with Gasteiger partial charge < -0.3 is 4.74 Å². The topological polar surface area (TPSA) is 61.2 Å². The van der Waals surface area contributed by atoms with Gasteiger partial charge in [0.2, 0.25) is 0 Å². The maximum absolute atomic E-state index is 11.9. The van der Waals surface area contributed by atoms with E-state index in [2.05, 4.69) is 9.84 Å². The molecule has 110 valence electrons. The van der Waals surface area contributed by atoms with Crippen molar-refractivity contribution in [2.75, 3.05) is 7.11 Å². The van der Waals surface area contributed by atoms with E-state index in [1.165, 1.54) is 18.7 Å². The molecule has 0 aliphatic rings. The molecule has 0 fully saturated rings. The van der Waals surface area contributed by atoms with Gasteiger partial charge in [-0.05, 0) is 44.0 Å². The van der Waals surface area contributed by atoms with Crippen molar-refractivity contribution in [1.82, 2.24) is 9.78 Å². The van der Waals surface area contributed by atoms with Crippen molar-refractivity contribution in [2.45, 2.75) is 26.8 Å². The van der Waals surface area contributed by atoms with Gasteiger partial charge in [0, 0.05) is 11.6 Å². The van der Waals surface area contributed by atoms with Crippen LogP contribution in [-0.4, -0.2) is 22.9 Å². The van der Waals surface area contributed by atoms with Crippen LogP contribution < -0.4 is 5.56 Å². The fourth-order valence-electron chi connectivity index (χ4n) is 2.03. The lowest BCUT2D eigenvalue weighted by atomic mass is 10.0. The Hall–Kier alpha value is -2.43. The summed E-state index contributed by atoms with van der Waals surface area (Å²) in [5.41, 5.74) is 3.56. The lowest BCUT2D eigenvalue weighted by molar-refractivity contribution is -0.144. The highest BCUT2D eigenvalue weighted by atomic mass is 16.5. The van der Waals surface area contributed by atoms with E-state index in [9.17, 15) is 9.59 Å². The summed E-state index contributed by atoms with van der Waals surface area (Å²) in [7, 11) is 1.29. The molecule has 0 saturated carbocycles. The average Bonchev–Trinajstić information content (AvgIpc) is 2.49. The van der Waals surface area contributed by atoms with Gasteiger partial charge in [-0.3, -0.25) is 4.79 Å². The van der Waals surface area contributed by atoms with Crippen LogP contribution >= 0.6 is 0 Å². The first-order valence-electron chi connectivity index (χ1n) is 6.69. The molecule has 0 radical (unpaired) electrons. The van der Waals surface area contributed by atoms with Crippen molar-refractivity contribution in [1.29, 1.82) is 0 Å². The predicted molar refractivity (Wildman–Crippen MR) is 80.1 cm³/mol. The molecule has 2 rings (SSSR count). The Kier molecular flexibility index (Phi) is 4.21. The van der Waals surface area contributed by atoms with E-state index in [-0.39, 0.29) is 5.56 Å². The standard InChI is InChI=1S/C16H18N2O3/c1-10-5-6-13(9-11(10)2)14-7-8-15(19)18(17-14)12(3)16(20)21-4/h5-9,12H,1-4H3/t12-/m1/s1. The number of benzene rings is 1. The van der Waals surface area contributed by atoms with E-state index in [0.717, 1.165) is 15.8 Å². The molecule has 2 aromatic rings. The molecule has 0 spiro atoms. The lowest BCUT2D eigenvalue weighted by Crippen LogP contribution is -2.30. The molecule has 0 bridgehead atoms. The molecule has 1 atom stereocenters. The van der Waals surface area contributed by atoms with E-state index >= 15 is 0 Å². The minimum atomic E-state index is -0.756. The second kappa shape index (κ2) is 5.91. The monoisotopic (exact) mass is 286 g/mol. The highest BCUT2D eigenvalue weighted by Gasteiger charge is 2.18. The highest BCUT2D eigenvalue weighted by molar-refractivity contribution is 5.73. The van der Waals surface area contributed by atoms with Crippen LogP contribution in [0.1, 0.15) is 24.1 Å². The number of carbonyl (C=O) groups excluding carboxylic acids is 1. The number of rotatable bonds is 3. The Labute approximate surface area is 123 Å². The summed E-state index contributed by atoms with van der Waals surface area (Å²) >= 11 is 0. The molecule has 5 heteroatoms. The zero-order valence-corrected chi connectivity index (χ0v) is 12.6. The van der Waals surface area contributed by atoms with Gasteiger partial charge >= 0.3 is 5.97 Å². The number of aryl methyl sites for hydroxylation is 2. The molecule has 0 saturated heterocycles. The van der Waals surface area contributed by atoms with Gasteiger partial charge in [0.25, 0.3) is 5.56 Å². The number of hydrogen-bond donors (Lipinski definition) is 0. The molecule has 1 aromatic heterocycles. The summed E-state index contributed by atoms with van der Waals surface area (Å²) in [6.07, 6.45) is 0. The van der Waals surface area contributed by atoms with Gasteiger partial charge in [-0.2, -0.15) is 5.10 Å². The summed E-state index contributed by atoms with van der Waals surface area (Å²) in [6.45, 7) is 5.64. The summed E-state index contributed by atoms with van der Waals surface area (Å²) in [5, 5.41) is 4.29. The first-order valence-corrected chi connectivity index (χ1v) is 6.69. The fraction of sp³-hybridized carbons (Fsp3) is 0.312. The summed E-state index contributed by atoms with van der Waals surface area (Å²) in [5.74, 6) is -0.498. The molecule has 0 N–H and O–H groups in total. The normalized spacial score (nSPS) is 12.0. The van der Waals surface area contributed by atoms with Crippen LogP contribution in [0, 0.1) is 13.8 Å². The molecule has 1 heterocycles. The van der Waals surface area contributed by atoms with E-state index in [1.54, 1.807) is 13.0 Å². The Morgan fingerprint density at radius 2 is 1.90 bits per heavy atom. The van der Waals surface area contributed by atoms with E-state index < -0.39 is 12.0 Å². The third-order valence-corrected chi connectivity index (χ3v) is 3.54. The molecule has 21 heavy (non-hydrogen) atoms. The van der Waals surface area contributed by atoms with Crippen LogP contribution in [0.15, 0.2) is 35.1 Å². The quantitative estimate of drug-likeness (QED) is 0.812. The molecule has 0 unspecified atom stereocenters. The van der Waals surface area contributed by atoms with Gasteiger partial charge in [0.15, 0.2) is 6.04 Å². The third-order valence-electron chi connectivity index (χ3n) is 3.54. The third kappa shape index (κ3) is 3.02. The van der Waals surface area contributed by atoms with Crippen LogP contribution in [0.3, 0.4) is 0 Å². The summed E-state index contributed by atoms with van der Waals surface area (Å²) in [4.78, 5) is 23.5. The minimum absolute atomic E-state index is 0.333. The van der Waals surface area contributed by atoms with Crippen molar-refractivity contribution in [3.8, 4) is 11.3 Å². The van der Waals surface area contributed by atoms with Crippen LogP contribution in [0.5, 0.6) is 0 Å². The SMILES string of the molecule is COC(=O)[C@@H](C)n1nc(-c2ccc(C)c(C)c2)ccc1=O. The Balaban J connectivity index is 2.49. The first kappa shape index (κ1) is 15.0. The van der Waals surface area contributed by atoms with E-state index in [1.807, 2.05) is 32.0 Å². The molecule has 1 aromatic carbocycles. The number of nitrogens with zero attached hydrogens (tertiary/aromatic N) is 2. The first-order chi connectivity index (χ1) is 9.93. The highest BCUT2D eigenvalue weighted by Crippen LogP contribution is 2.19. The number of aromatic nitrogens is 2. The summed E-state index contributed by atoms with van der Waals surface area (Å²) in [6, 6.07) is 8.28. The van der Waals surface area contributed by atoms with Gasteiger partial charge in [0.1, 0.15) is 0 Å². The maximum Gasteiger partial charge on any atom is 0.330 e. The lowest BCUT2D eigenvalue weighted by Gasteiger charge is -2.13. The second-order valence-electron chi connectivity index (χ2n) is 5.00. The number of esters is 1. The number of methoxy groups -OCH3 is 1.